The van der Waals surface area contributed by atoms with Gasteiger partial charge in [-0.3, -0.25) is 9.78 Å². The van der Waals surface area contributed by atoms with Gasteiger partial charge in [0.2, 0.25) is 0 Å². The van der Waals surface area contributed by atoms with Gasteiger partial charge in [0.1, 0.15) is 5.82 Å². The standard InChI is InChI=1S/C14H16N8S/c1-22-7-8(6-18-22)4-14(10-2-3-17-21-10)5-9-11(23-14)12(15)20-13(16)19-9/h2-3,5-7H,4,15H2,1H3,(H,17,21)(H3,16,19,20). The monoisotopic (exact) mass is 328 g/mol. The van der Waals surface area contributed by atoms with Gasteiger partial charge in [-0.25, -0.2) is 0 Å². The molecule has 0 bridgehead atoms. The summed E-state index contributed by atoms with van der Waals surface area (Å²) in [6.45, 7) is 0. The Kier molecular flexibility index (Phi) is 2.98. The van der Waals surface area contributed by atoms with Gasteiger partial charge in [0.05, 0.1) is 27.2 Å². The quantitative estimate of drug-likeness (QED) is 0.641. The molecule has 2 aliphatic heterocycles. The summed E-state index contributed by atoms with van der Waals surface area (Å²) in [5.74, 6) is 0.741. The van der Waals surface area contributed by atoms with Crippen molar-refractivity contribution in [3.8, 4) is 0 Å². The van der Waals surface area contributed by atoms with E-state index >= 15 is 0 Å². The summed E-state index contributed by atoms with van der Waals surface area (Å²) < 4.78 is 1.44. The lowest BCUT2D eigenvalue weighted by atomic mass is 9.95. The average Bonchev–Trinajstić information content (AvgIpc) is 3.19. The number of rotatable bonds is 3. The number of nitrogens with two attached hydrogens (primary N) is 2. The van der Waals surface area contributed by atoms with Crippen molar-refractivity contribution in [2.45, 2.75) is 11.2 Å². The molecular weight excluding hydrogens is 312 g/mol. The number of hydrogen-bond donors (Lipinski definition) is 4. The number of aliphatic imine (C=N–C) groups is 1. The van der Waals surface area contributed by atoms with Crippen molar-refractivity contribution in [2.75, 3.05) is 0 Å². The third-order valence-electron chi connectivity index (χ3n) is 3.82. The smallest absolute Gasteiger partial charge is 0.199 e. The van der Waals surface area contributed by atoms with E-state index in [1.807, 2.05) is 25.5 Å². The number of nitrogens with one attached hydrogen (secondary N) is 2. The van der Waals surface area contributed by atoms with Crippen molar-refractivity contribution in [1.82, 2.24) is 25.3 Å². The second-order valence-corrected chi connectivity index (χ2v) is 6.90. The van der Waals surface area contributed by atoms with Gasteiger partial charge in [0.25, 0.3) is 0 Å². The number of thioether (sulfide) groups is 1. The van der Waals surface area contributed by atoms with Gasteiger partial charge in [0, 0.05) is 19.4 Å². The molecule has 9 heteroatoms. The Hall–Kier alpha value is -2.68. The Morgan fingerprint density at radius 1 is 1.39 bits per heavy atom. The molecule has 0 radical (unpaired) electrons. The van der Waals surface area contributed by atoms with E-state index in [4.69, 9.17) is 11.5 Å². The lowest BCUT2D eigenvalue weighted by Crippen LogP contribution is -2.34. The molecule has 0 fully saturated rings. The van der Waals surface area contributed by atoms with E-state index in [0.717, 1.165) is 28.3 Å². The molecule has 2 aromatic heterocycles. The zero-order valence-corrected chi connectivity index (χ0v) is 13.3. The van der Waals surface area contributed by atoms with Gasteiger partial charge >= 0.3 is 0 Å². The second-order valence-electron chi connectivity index (χ2n) is 5.56. The van der Waals surface area contributed by atoms with Gasteiger partial charge < -0.3 is 16.8 Å². The van der Waals surface area contributed by atoms with Gasteiger partial charge in [-0.1, -0.05) is 0 Å². The number of aromatic nitrogens is 4. The van der Waals surface area contributed by atoms with Crippen LogP contribution in [0.5, 0.6) is 0 Å². The molecule has 0 saturated heterocycles. The van der Waals surface area contributed by atoms with Crippen LogP contribution in [0.1, 0.15) is 11.3 Å². The number of aryl methyl sites for hydroxylation is 1. The van der Waals surface area contributed by atoms with Crippen LogP contribution in [0.4, 0.5) is 0 Å². The molecule has 8 nitrogen and oxygen atoms in total. The van der Waals surface area contributed by atoms with Crippen molar-refractivity contribution in [2.24, 2.45) is 23.5 Å². The van der Waals surface area contributed by atoms with E-state index in [-0.39, 0.29) is 4.75 Å². The molecule has 1 atom stereocenters. The van der Waals surface area contributed by atoms with Gasteiger partial charge in [-0.05, 0) is 24.1 Å². The van der Waals surface area contributed by atoms with Crippen LogP contribution in [0.15, 0.2) is 52.1 Å². The summed E-state index contributed by atoms with van der Waals surface area (Å²) in [5.41, 5.74) is 14.8. The Balaban J connectivity index is 1.79. The first-order valence-electron chi connectivity index (χ1n) is 7.06. The molecule has 0 aromatic carbocycles. The van der Waals surface area contributed by atoms with Gasteiger partial charge in [0.15, 0.2) is 5.96 Å². The molecule has 0 amide bonds. The third kappa shape index (κ3) is 2.29. The number of aromatic amines is 1. The molecule has 1 unspecified atom stereocenters. The molecule has 6 N–H and O–H groups in total. The Labute approximate surface area is 136 Å². The van der Waals surface area contributed by atoms with Crippen LogP contribution in [0.2, 0.25) is 0 Å². The number of hydrogen-bond acceptors (Lipinski definition) is 7. The zero-order chi connectivity index (χ0) is 16.0. The lowest BCUT2D eigenvalue weighted by molar-refractivity contribution is 0.728. The highest BCUT2D eigenvalue weighted by molar-refractivity contribution is 8.04. The fourth-order valence-corrected chi connectivity index (χ4v) is 4.24. The minimum Gasteiger partial charge on any atom is -0.383 e. The predicted molar refractivity (Wildman–Crippen MR) is 88.8 cm³/mol. The van der Waals surface area contributed by atoms with E-state index < -0.39 is 0 Å². The second kappa shape index (κ2) is 4.92. The van der Waals surface area contributed by atoms with Crippen molar-refractivity contribution in [3.63, 3.8) is 0 Å². The molecule has 2 aliphatic rings. The molecule has 118 valence electrons. The highest BCUT2D eigenvalue weighted by Gasteiger charge is 2.42. The summed E-state index contributed by atoms with van der Waals surface area (Å²) in [6, 6.07) is 1.97. The number of nitrogens with zero attached hydrogens (tertiary/aromatic N) is 4. The van der Waals surface area contributed by atoms with Crippen molar-refractivity contribution < 1.29 is 0 Å². The first kappa shape index (κ1) is 13.9. The molecule has 0 spiro atoms. The van der Waals surface area contributed by atoms with Crippen LogP contribution in [-0.2, 0) is 18.2 Å². The van der Waals surface area contributed by atoms with Gasteiger partial charge in [-0.15, -0.1) is 11.8 Å². The number of guanidine groups is 1. The van der Waals surface area contributed by atoms with Crippen LogP contribution < -0.4 is 16.8 Å². The van der Waals surface area contributed by atoms with Gasteiger partial charge in [-0.2, -0.15) is 15.2 Å². The summed E-state index contributed by atoms with van der Waals surface area (Å²) in [7, 11) is 1.91. The molecule has 0 saturated carbocycles. The van der Waals surface area contributed by atoms with Crippen LogP contribution in [0.25, 0.3) is 0 Å². The Morgan fingerprint density at radius 3 is 2.96 bits per heavy atom. The molecule has 4 heterocycles. The lowest BCUT2D eigenvalue weighted by Gasteiger charge is -2.24. The summed E-state index contributed by atoms with van der Waals surface area (Å²) >= 11 is 1.64. The molecule has 0 aliphatic carbocycles. The van der Waals surface area contributed by atoms with Crippen molar-refractivity contribution in [1.29, 1.82) is 0 Å². The minimum absolute atomic E-state index is 0.305. The van der Waals surface area contributed by atoms with Crippen LogP contribution in [0, 0.1) is 0 Å². The van der Waals surface area contributed by atoms with Crippen molar-refractivity contribution >= 4 is 17.7 Å². The normalized spacial score (nSPS) is 23.3. The largest absolute Gasteiger partial charge is 0.383 e. The van der Waals surface area contributed by atoms with E-state index in [1.165, 1.54) is 0 Å². The summed E-state index contributed by atoms with van der Waals surface area (Å²) in [4.78, 5) is 5.02. The highest BCUT2D eigenvalue weighted by Crippen LogP contribution is 2.53. The zero-order valence-electron chi connectivity index (χ0n) is 12.4. The maximum Gasteiger partial charge on any atom is 0.199 e. The fourth-order valence-electron chi connectivity index (χ4n) is 2.87. The highest BCUT2D eigenvalue weighted by atomic mass is 32.2. The minimum atomic E-state index is -0.359. The maximum absolute atomic E-state index is 6.05. The van der Waals surface area contributed by atoms with E-state index in [9.17, 15) is 0 Å². The molecular formula is C14H16N8S. The van der Waals surface area contributed by atoms with Crippen LogP contribution in [0.3, 0.4) is 0 Å². The van der Waals surface area contributed by atoms with Crippen LogP contribution >= 0.6 is 11.8 Å². The van der Waals surface area contributed by atoms with E-state index in [1.54, 1.807) is 22.6 Å². The van der Waals surface area contributed by atoms with E-state index in [2.05, 4.69) is 31.7 Å². The topological polar surface area (TPSA) is 123 Å². The van der Waals surface area contributed by atoms with Crippen LogP contribution in [-0.4, -0.2) is 25.9 Å². The molecule has 2 aromatic rings. The summed E-state index contributed by atoms with van der Waals surface area (Å²) in [6.07, 6.45) is 8.50. The Morgan fingerprint density at radius 2 is 2.26 bits per heavy atom. The first-order valence-corrected chi connectivity index (χ1v) is 7.88. The average molecular weight is 328 g/mol. The Bertz CT molecular complexity index is 844. The first-order chi connectivity index (χ1) is 11.1. The van der Waals surface area contributed by atoms with Crippen molar-refractivity contribution in [3.05, 3.63) is 58.4 Å². The number of fused-ring (bicyclic) bond motifs is 1. The molecule has 4 rings (SSSR count). The fraction of sp³-hybridized carbons (Fsp3) is 0.214. The van der Waals surface area contributed by atoms with E-state index in [0.29, 0.717) is 11.8 Å². The predicted octanol–water partition coefficient (Wildman–Crippen LogP) is 0.258. The number of H-pyrrole nitrogens is 1. The molecule has 23 heavy (non-hydrogen) atoms. The SMILES string of the molecule is Cn1cc(CC2(c3ccn[nH]3)C=C3NC(N)=NC(N)=C3S2)cn1. The summed E-state index contributed by atoms with van der Waals surface area (Å²) in [5, 5.41) is 14.5. The maximum atomic E-state index is 6.05. The third-order valence-corrected chi connectivity index (χ3v) is 5.30.